The summed E-state index contributed by atoms with van der Waals surface area (Å²) >= 11 is 0. The van der Waals surface area contributed by atoms with Crippen molar-refractivity contribution in [2.45, 2.75) is 6.10 Å². The fourth-order valence-corrected chi connectivity index (χ4v) is 2.45. The summed E-state index contributed by atoms with van der Waals surface area (Å²) in [5.41, 5.74) is 1.10. The van der Waals surface area contributed by atoms with E-state index in [9.17, 15) is 9.59 Å². The van der Waals surface area contributed by atoms with E-state index in [2.05, 4.69) is 4.98 Å². The topological polar surface area (TPSA) is 62.4 Å². The Morgan fingerprint density at radius 3 is 2.71 bits per heavy atom. The monoisotopic (exact) mass is 284 g/mol. The number of carbonyl (C=O) groups excluding carboxylic acids is 1. The van der Waals surface area contributed by atoms with E-state index in [0.29, 0.717) is 25.4 Å². The van der Waals surface area contributed by atoms with Crippen LogP contribution in [-0.4, -0.2) is 35.5 Å². The second-order valence-electron chi connectivity index (χ2n) is 4.95. The highest BCUT2D eigenvalue weighted by Gasteiger charge is 2.26. The molecule has 1 aromatic carbocycles. The van der Waals surface area contributed by atoms with E-state index in [0.717, 1.165) is 5.56 Å². The lowest BCUT2D eigenvalue weighted by Crippen LogP contribution is -2.42. The van der Waals surface area contributed by atoms with Gasteiger partial charge in [0.25, 0.3) is 5.91 Å². The smallest absolute Gasteiger partial charge is 0.270 e. The summed E-state index contributed by atoms with van der Waals surface area (Å²) in [5, 5.41) is 0. The molecule has 0 spiro atoms. The van der Waals surface area contributed by atoms with Crippen molar-refractivity contribution in [1.82, 2.24) is 9.88 Å². The van der Waals surface area contributed by atoms with E-state index in [4.69, 9.17) is 4.74 Å². The van der Waals surface area contributed by atoms with Crippen LogP contribution in [0.5, 0.6) is 0 Å². The predicted molar refractivity (Wildman–Crippen MR) is 78.1 cm³/mol. The minimum Gasteiger partial charge on any atom is -0.370 e. The number of benzene rings is 1. The van der Waals surface area contributed by atoms with Crippen LogP contribution in [0.2, 0.25) is 0 Å². The van der Waals surface area contributed by atoms with Crippen molar-refractivity contribution < 1.29 is 9.53 Å². The first-order valence-electron chi connectivity index (χ1n) is 6.89. The number of pyridine rings is 1. The normalized spacial score (nSPS) is 18.5. The van der Waals surface area contributed by atoms with Gasteiger partial charge in [-0.15, -0.1) is 0 Å². The van der Waals surface area contributed by atoms with Crippen LogP contribution < -0.4 is 5.56 Å². The lowest BCUT2D eigenvalue weighted by Gasteiger charge is -2.33. The number of nitrogens with zero attached hydrogens (tertiary/aromatic N) is 1. The van der Waals surface area contributed by atoms with Gasteiger partial charge in [0.15, 0.2) is 0 Å². The number of H-pyrrole nitrogens is 1. The molecule has 1 amide bonds. The number of hydrogen-bond donors (Lipinski definition) is 1. The molecule has 0 bridgehead atoms. The van der Waals surface area contributed by atoms with Gasteiger partial charge in [0, 0.05) is 12.6 Å². The third-order valence-electron chi connectivity index (χ3n) is 3.52. The van der Waals surface area contributed by atoms with Crippen molar-refractivity contribution in [3.8, 4) is 0 Å². The Kier molecular flexibility index (Phi) is 3.83. The number of rotatable bonds is 2. The van der Waals surface area contributed by atoms with Crippen molar-refractivity contribution in [1.29, 1.82) is 0 Å². The van der Waals surface area contributed by atoms with E-state index < -0.39 is 0 Å². The average Bonchev–Trinajstić information content (AvgIpc) is 2.55. The Morgan fingerprint density at radius 1 is 1.14 bits per heavy atom. The van der Waals surface area contributed by atoms with Crippen molar-refractivity contribution in [3.05, 3.63) is 70.1 Å². The molecule has 5 nitrogen and oxygen atoms in total. The van der Waals surface area contributed by atoms with Crippen molar-refractivity contribution in [2.75, 3.05) is 19.7 Å². The molecule has 1 aromatic heterocycles. The first kappa shape index (κ1) is 13.6. The van der Waals surface area contributed by atoms with Crippen LogP contribution in [0.1, 0.15) is 22.2 Å². The molecular weight excluding hydrogens is 268 g/mol. The fraction of sp³-hybridized carbons (Fsp3) is 0.250. The SMILES string of the molecule is O=C(c1cccc(=O)[nH]1)N1CCO[C@H](c2ccccc2)C1. The third kappa shape index (κ3) is 3.03. The Bertz CT molecular complexity index is 681. The summed E-state index contributed by atoms with van der Waals surface area (Å²) in [7, 11) is 0. The van der Waals surface area contributed by atoms with E-state index in [1.165, 1.54) is 6.07 Å². The van der Waals surface area contributed by atoms with E-state index >= 15 is 0 Å². The van der Waals surface area contributed by atoms with Gasteiger partial charge >= 0.3 is 0 Å². The number of morpholine rings is 1. The summed E-state index contributed by atoms with van der Waals surface area (Å²) < 4.78 is 5.74. The maximum absolute atomic E-state index is 12.4. The molecule has 2 heterocycles. The molecule has 0 radical (unpaired) electrons. The molecule has 1 fully saturated rings. The Hall–Kier alpha value is -2.40. The van der Waals surface area contributed by atoms with Crippen molar-refractivity contribution in [3.63, 3.8) is 0 Å². The maximum Gasteiger partial charge on any atom is 0.270 e. The summed E-state index contributed by atoms with van der Waals surface area (Å²) in [6.45, 7) is 1.50. The van der Waals surface area contributed by atoms with Crippen LogP contribution in [-0.2, 0) is 4.74 Å². The predicted octanol–water partition coefficient (Wildman–Crippen LogP) is 1.59. The molecule has 2 aromatic rings. The van der Waals surface area contributed by atoms with E-state index in [1.807, 2.05) is 30.3 Å². The molecule has 0 aliphatic carbocycles. The number of carbonyl (C=O) groups is 1. The standard InChI is InChI=1S/C16H16N2O3/c19-15-8-4-7-13(17-15)16(20)18-9-10-21-14(11-18)12-5-2-1-3-6-12/h1-8,14H,9-11H2,(H,17,19)/t14-/m0/s1. The molecule has 1 N–H and O–H groups in total. The van der Waals surface area contributed by atoms with Crippen LogP contribution in [0.3, 0.4) is 0 Å². The molecule has 21 heavy (non-hydrogen) atoms. The van der Waals surface area contributed by atoms with Gasteiger partial charge in [-0.1, -0.05) is 36.4 Å². The number of aromatic nitrogens is 1. The highest BCUT2D eigenvalue weighted by atomic mass is 16.5. The van der Waals surface area contributed by atoms with Gasteiger partial charge in [-0.25, -0.2) is 0 Å². The van der Waals surface area contributed by atoms with E-state index in [1.54, 1.807) is 17.0 Å². The zero-order valence-corrected chi connectivity index (χ0v) is 11.5. The Labute approximate surface area is 122 Å². The van der Waals surface area contributed by atoms with Crippen LogP contribution in [0.4, 0.5) is 0 Å². The number of ether oxygens (including phenoxy) is 1. The van der Waals surface area contributed by atoms with Gasteiger partial charge < -0.3 is 14.6 Å². The second-order valence-corrected chi connectivity index (χ2v) is 4.95. The largest absolute Gasteiger partial charge is 0.370 e. The van der Waals surface area contributed by atoms with Gasteiger partial charge in [0.1, 0.15) is 11.8 Å². The average molecular weight is 284 g/mol. The van der Waals surface area contributed by atoms with Gasteiger partial charge in [-0.2, -0.15) is 0 Å². The molecule has 108 valence electrons. The molecule has 5 heteroatoms. The minimum absolute atomic E-state index is 0.126. The van der Waals surface area contributed by atoms with Gasteiger partial charge in [-0.3, -0.25) is 9.59 Å². The molecule has 0 saturated carbocycles. The highest BCUT2D eigenvalue weighted by Crippen LogP contribution is 2.22. The fourth-order valence-electron chi connectivity index (χ4n) is 2.45. The quantitative estimate of drug-likeness (QED) is 0.911. The first-order chi connectivity index (χ1) is 10.2. The lowest BCUT2D eigenvalue weighted by atomic mass is 10.1. The first-order valence-corrected chi connectivity index (χ1v) is 6.89. The molecule has 3 rings (SSSR count). The van der Waals surface area contributed by atoms with Crippen molar-refractivity contribution >= 4 is 5.91 Å². The molecule has 0 unspecified atom stereocenters. The van der Waals surface area contributed by atoms with Crippen LogP contribution in [0.25, 0.3) is 0 Å². The Morgan fingerprint density at radius 2 is 1.95 bits per heavy atom. The van der Waals surface area contributed by atoms with E-state index in [-0.39, 0.29) is 17.6 Å². The lowest BCUT2D eigenvalue weighted by molar-refractivity contribution is -0.0230. The van der Waals surface area contributed by atoms with Crippen molar-refractivity contribution in [2.24, 2.45) is 0 Å². The van der Waals surface area contributed by atoms with Crippen LogP contribution in [0.15, 0.2) is 53.3 Å². The summed E-state index contributed by atoms with van der Waals surface area (Å²) in [6.07, 6.45) is -0.126. The molecule has 1 atom stereocenters. The summed E-state index contributed by atoms with van der Waals surface area (Å²) in [5.74, 6) is -0.170. The second kappa shape index (κ2) is 5.93. The molecule has 1 aliphatic rings. The zero-order chi connectivity index (χ0) is 14.7. The number of aromatic amines is 1. The van der Waals surface area contributed by atoms with Crippen LogP contribution in [0, 0.1) is 0 Å². The minimum atomic E-state index is -0.270. The summed E-state index contributed by atoms with van der Waals surface area (Å²) in [4.78, 5) is 28.0. The summed E-state index contributed by atoms with van der Waals surface area (Å²) in [6, 6.07) is 14.4. The number of amides is 1. The van der Waals surface area contributed by atoms with Gasteiger partial charge in [-0.05, 0) is 11.6 Å². The highest BCUT2D eigenvalue weighted by molar-refractivity contribution is 5.92. The van der Waals surface area contributed by atoms with Crippen LogP contribution >= 0.6 is 0 Å². The Balaban J connectivity index is 1.77. The molecule has 1 saturated heterocycles. The molecular formula is C16H16N2O3. The number of hydrogen-bond acceptors (Lipinski definition) is 3. The van der Waals surface area contributed by atoms with Gasteiger partial charge in [0.05, 0.1) is 13.2 Å². The van der Waals surface area contributed by atoms with Gasteiger partial charge in [0.2, 0.25) is 5.56 Å². The molecule has 1 aliphatic heterocycles. The number of nitrogens with one attached hydrogen (secondary N) is 1. The maximum atomic E-state index is 12.4. The zero-order valence-electron chi connectivity index (χ0n) is 11.5. The third-order valence-corrected chi connectivity index (χ3v) is 3.52.